The molecule has 3 rings (SSSR count). The molecular weight excluding hydrogens is 288 g/mol. The molecule has 1 aliphatic rings. The summed E-state index contributed by atoms with van der Waals surface area (Å²) in [7, 11) is 1.20. The van der Waals surface area contributed by atoms with Crippen molar-refractivity contribution in [2.75, 3.05) is 7.11 Å². The largest absolute Gasteiger partial charge is 0.507 e. The van der Waals surface area contributed by atoms with Crippen molar-refractivity contribution in [2.24, 2.45) is 0 Å². The van der Waals surface area contributed by atoms with Gasteiger partial charge in [-0.25, -0.2) is 0 Å². The molecule has 0 amide bonds. The van der Waals surface area contributed by atoms with E-state index in [1.165, 1.54) is 25.3 Å². The summed E-state index contributed by atoms with van der Waals surface area (Å²) in [4.78, 5) is 12.5. The van der Waals surface area contributed by atoms with Crippen molar-refractivity contribution in [1.82, 2.24) is 0 Å². The average molecular weight is 302 g/mol. The molecular formula is C16H14O6. The van der Waals surface area contributed by atoms with E-state index in [2.05, 4.69) is 0 Å². The summed E-state index contributed by atoms with van der Waals surface area (Å²) < 4.78 is 10.8. The molecule has 3 N–H and O–H groups in total. The molecule has 0 spiro atoms. The van der Waals surface area contributed by atoms with Gasteiger partial charge in [0.1, 0.15) is 17.1 Å². The zero-order valence-corrected chi connectivity index (χ0v) is 11.7. The van der Waals surface area contributed by atoms with Gasteiger partial charge in [-0.3, -0.25) is 4.79 Å². The van der Waals surface area contributed by atoms with Crippen molar-refractivity contribution >= 4 is 5.78 Å². The predicted molar refractivity (Wildman–Crippen MR) is 75.4 cm³/mol. The summed E-state index contributed by atoms with van der Waals surface area (Å²) in [5.74, 6) is -6.62. The third-order valence-corrected chi connectivity index (χ3v) is 3.70. The highest BCUT2D eigenvalue weighted by Gasteiger charge is 2.63. The number of rotatable bonds is 2. The van der Waals surface area contributed by atoms with Gasteiger partial charge in [-0.1, -0.05) is 36.4 Å². The van der Waals surface area contributed by atoms with E-state index in [1.54, 1.807) is 30.3 Å². The number of carbonyl (C=O) groups excluding carboxylic acids is 1. The number of hydrogen-bond acceptors (Lipinski definition) is 6. The molecule has 0 saturated heterocycles. The van der Waals surface area contributed by atoms with E-state index in [0.717, 1.165) is 0 Å². The monoisotopic (exact) mass is 302 g/mol. The Morgan fingerprint density at radius 1 is 1.05 bits per heavy atom. The Balaban J connectivity index is 2.27. The molecule has 2 aromatic rings. The first kappa shape index (κ1) is 14.5. The summed E-state index contributed by atoms with van der Waals surface area (Å²) in [6, 6.07) is 12.3. The minimum atomic E-state index is -3.01. The maximum atomic E-state index is 12.5. The van der Waals surface area contributed by atoms with E-state index in [4.69, 9.17) is 9.47 Å². The Morgan fingerprint density at radius 2 is 1.73 bits per heavy atom. The fourth-order valence-electron chi connectivity index (χ4n) is 2.60. The first-order valence-electron chi connectivity index (χ1n) is 6.55. The van der Waals surface area contributed by atoms with E-state index >= 15 is 0 Å². The molecule has 0 aliphatic carbocycles. The van der Waals surface area contributed by atoms with Crippen LogP contribution in [0.1, 0.15) is 15.9 Å². The van der Waals surface area contributed by atoms with Crippen LogP contribution in [0.5, 0.6) is 11.5 Å². The summed E-state index contributed by atoms with van der Waals surface area (Å²) in [5, 5.41) is 30.7. The SMILES string of the molecule is COC1(c2ccccc2)Oc2cccc(O)c2C(=O)C1(O)O. The number of fused-ring (bicyclic) bond motifs is 1. The molecule has 6 nitrogen and oxygen atoms in total. The third kappa shape index (κ3) is 1.75. The maximum Gasteiger partial charge on any atom is 0.301 e. The van der Waals surface area contributed by atoms with Crippen LogP contribution in [0.3, 0.4) is 0 Å². The Morgan fingerprint density at radius 3 is 2.36 bits per heavy atom. The Hall–Kier alpha value is -2.41. The van der Waals surface area contributed by atoms with Crippen molar-refractivity contribution in [1.29, 1.82) is 0 Å². The van der Waals surface area contributed by atoms with Crippen molar-refractivity contribution in [3.8, 4) is 11.5 Å². The molecule has 0 fully saturated rings. The standard InChI is InChI=1S/C16H14O6/c1-21-16(10-6-3-2-4-7-10)15(19,20)14(18)13-11(17)8-5-9-12(13)22-16/h2-9,17,19-20H,1H3. The van der Waals surface area contributed by atoms with Gasteiger partial charge < -0.3 is 24.8 Å². The van der Waals surface area contributed by atoms with Gasteiger partial charge in [0.15, 0.2) is 0 Å². The molecule has 114 valence electrons. The maximum absolute atomic E-state index is 12.5. The molecule has 0 saturated carbocycles. The summed E-state index contributed by atoms with van der Waals surface area (Å²) in [5.41, 5.74) is -0.0408. The van der Waals surface area contributed by atoms with Gasteiger partial charge in [0.2, 0.25) is 5.78 Å². The molecule has 0 bridgehead atoms. The third-order valence-electron chi connectivity index (χ3n) is 3.70. The van der Waals surface area contributed by atoms with Crippen molar-refractivity contribution in [3.63, 3.8) is 0 Å². The molecule has 22 heavy (non-hydrogen) atoms. The number of methoxy groups -OCH3 is 1. The first-order chi connectivity index (χ1) is 10.4. The van der Waals surface area contributed by atoms with Gasteiger partial charge in [-0.2, -0.15) is 0 Å². The smallest absolute Gasteiger partial charge is 0.301 e. The second-order valence-corrected chi connectivity index (χ2v) is 4.94. The number of hydrogen-bond donors (Lipinski definition) is 3. The number of aromatic hydroxyl groups is 1. The first-order valence-corrected chi connectivity index (χ1v) is 6.55. The predicted octanol–water partition coefficient (Wildman–Crippen LogP) is 1.15. The molecule has 6 heteroatoms. The molecule has 2 aromatic carbocycles. The Kier molecular flexibility index (Phi) is 3.17. The van der Waals surface area contributed by atoms with Gasteiger partial charge in [0.05, 0.1) is 0 Å². The van der Waals surface area contributed by atoms with Gasteiger partial charge in [-0.15, -0.1) is 0 Å². The fourth-order valence-corrected chi connectivity index (χ4v) is 2.60. The van der Waals surface area contributed by atoms with Gasteiger partial charge >= 0.3 is 5.79 Å². The normalized spacial score (nSPS) is 22.8. The van der Waals surface area contributed by atoms with Crippen LogP contribution < -0.4 is 4.74 Å². The van der Waals surface area contributed by atoms with E-state index in [1.807, 2.05) is 0 Å². The lowest BCUT2D eigenvalue weighted by atomic mass is 9.86. The topological polar surface area (TPSA) is 96.2 Å². The van der Waals surface area contributed by atoms with Crippen LogP contribution in [0.15, 0.2) is 48.5 Å². The molecule has 0 radical (unpaired) electrons. The van der Waals surface area contributed by atoms with E-state index in [9.17, 15) is 20.1 Å². The van der Waals surface area contributed by atoms with Crippen molar-refractivity contribution < 1.29 is 29.6 Å². The minimum absolute atomic E-state index is 0.00873. The molecule has 1 heterocycles. The zero-order valence-electron chi connectivity index (χ0n) is 11.7. The van der Waals surface area contributed by atoms with Gasteiger partial charge in [0.25, 0.3) is 5.79 Å². The second-order valence-electron chi connectivity index (χ2n) is 4.94. The van der Waals surface area contributed by atoms with Crippen LogP contribution in [0, 0.1) is 0 Å². The van der Waals surface area contributed by atoms with Crippen LogP contribution in [-0.2, 0) is 10.5 Å². The van der Waals surface area contributed by atoms with Crippen LogP contribution in [0.4, 0.5) is 0 Å². The molecule has 1 atom stereocenters. The average Bonchev–Trinajstić information content (AvgIpc) is 2.52. The highest BCUT2D eigenvalue weighted by molar-refractivity contribution is 6.07. The minimum Gasteiger partial charge on any atom is -0.507 e. The van der Waals surface area contributed by atoms with Crippen LogP contribution >= 0.6 is 0 Å². The van der Waals surface area contributed by atoms with Crippen LogP contribution in [-0.4, -0.2) is 34.0 Å². The lowest BCUT2D eigenvalue weighted by Gasteiger charge is -2.44. The number of ketones is 1. The number of aliphatic hydroxyl groups is 2. The quantitative estimate of drug-likeness (QED) is 0.720. The molecule has 1 unspecified atom stereocenters. The van der Waals surface area contributed by atoms with E-state index in [0.29, 0.717) is 0 Å². The van der Waals surface area contributed by atoms with Crippen molar-refractivity contribution in [3.05, 3.63) is 59.7 Å². The van der Waals surface area contributed by atoms with E-state index in [-0.39, 0.29) is 16.9 Å². The number of phenolic OH excluding ortho intramolecular Hbond substituents is 1. The number of ether oxygens (including phenoxy) is 2. The lowest BCUT2D eigenvalue weighted by molar-refractivity contribution is -0.338. The highest BCUT2D eigenvalue weighted by atomic mass is 16.7. The number of phenols is 1. The van der Waals surface area contributed by atoms with E-state index < -0.39 is 23.1 Å². The highest BCUT2D eigenvalue weighted by Crippen LogP contribution is 2.47. The van der Waals surface area contributed by atoms with Gasteiger partial charge in [0, 0.05) is 12.7 Å². The molecule has 1 aliphatic heterocycles. The van der Waals surface area contributed by atoms with Gasteiger partial charge in [-0.05, 0) is 12.1 Å². The summed E-state index contributed by atoms with van der Waals surface area (Å²) in [6.07, 6.45) is 0. The molecule has 0 aromatic heterocycles. The Labute approximate surface area is 126 Å². The zero-order chi connectivity index (χ0) is 16.0. The van der Waals surface area contributed by atoms with Crippen LogP contribution in [0.2, 0.25) is 0 Å². The second kappa shape index (κ2) is 4.81. The number of benzene rings is 2. The number of carbonyl (C=O) groups is 1. The number of Topliss-reactive ketones (excluding diaryl/α,β-unsaturated/α-hetero) is 1. The summed E-state index contributed by atoms with van der Waals surface area (Å²) >= 11 is 0. The Bertz CT molecular complexity index is 725. The summed E-state index contributed by atoms with van der Waals surface area (Å²) in [6.45, 7) is 0. The van der Waals surface area contributed by atoms with Crippen molar-refractivity contribution in [2.45, 2.75) is 11.6 Å². The lowest BCUT2D eigenvalue weighted by Crippen LogP contribution is -2.63. The fraction of sp³-hybridized carbons (Fsp3) is 0.188. The van der Waals surface area contributed by atoms with Crippen LogP contribution in [0.25, 0.3) is 0 Å².